The van der Waals surface area contributed by atoms with Gasteiger partial charge in [-0.3, -0.25) is 0 Å². The molecule has 0 atom stereocenters. The first-order chi connectivity index (χ1) is 4.66. The molecule has 56 valence electrons. The highest BCUT2D eigenvalue weighted by molar-refractivity contribution is 5.13. The van der Waals surface area contributed by atoms with Gasteiger partial charge in [0, 0.05) is 0 Å². The van der Waals surface area contributed by atoms with E-state index in [1.807, 2.05) is 0 Å². The Bertz CT molecular complexity index is 162. The van der Waals surface area contributed by atoms with Gasteiger partial charge in [-0.15, -0.1) is 0 Å². The van der Waals surface area contributed by atoms with E-state index in [4.69, 9.17) is 0 Å². The van der Waals surface area contributed by atoms with E-state index in [1.165, 1.54) is 25.7 Å². The molecule has 10 heavy (non-hydrogen) atoms. The summed E-state index contributed by atoms with van der Waals surface area (Å²) >= 11 is 0. The second kappa shape index (κ2) is 1.66. The smallest absolute Gasteiger partial charge is 0.0208 e. The zero-order valence-electron chi connectivity index (χ0n) is 6.98. The molecule has 0 nitrogen and oxygen atoms in total. The van der Waals surface area contributed by atoms with E-state index in [-0.39, 0.29) is 0 Å². The zero-order chi connectivity index (χ0) is 7.24. The fourth-order valence-corrected chi connectivity index (χ4v) is 2.21. The molecule has 0 N–H and O–H groups in total. The highest BCUT2D eigenvalue weighted by atomic mass is 14.6. The predicted octanol–water partition coefficient (Wildman–Crippen LogP) is 3.14. The normalized spacial score (nSPS) is 32.6. The lowest BCUT2D eigenvalue weighted by Crippen LogP contribution is -2.26. The van der Waals surface area contributed by atoms with E-state index >= 15 is 0 Å². The predicted molar refractivity (Wildman–Crippen MR) is 43.8 cm³/mol. The number of rotatable bonds is 0. The van der Waals surface area contributed by atoms with Crippen LogP contribution in [0.5, 0.6) is 0 Å². The van der Waals surface area contributed by atoms with Crippen molar-refractivity contribution in [2.75, 3.05) is 0 Å². The Morgan fingerprint density at radius 3 is 2.00 bits per heavy atom. The summed E-state index contributed by atoms with van der Waals surface area (Å²) in [6, 6.07) is 0. The Balaban J connectivity index is 2.26. The molecule has 0 amide bonds. The highest BCUT2D eigenvalue weighted by Gasteiger charge is 2.53. The zero-order valence-corrected chi connectivity index (χ0v) is 6.98. The van der Waals surface area contributed by atoms with Gasteiger partial charge >= 0.3 is 0 Å². The van der Waals surface area contributed by atoms with Crippen molar-refractivity contribution in [2.24, 2.45) is 10.8 Å². The van der Waals surface area contributed by atoms with Gasteiger partial charge in [-0.25, -0.2) is 0 Å². The van der Waals surface area contributed by atoms with Gasteiger partial charge < -0.3 is 0 Å². The van der Waals surface area contributed by atoms with Crippen molar-refractivity contribution in [3.05, 3.63) is 12.2 Å². The molecule has 0 unspecified atom stereocenters. The van der Waals surface area contributed by atoms with Crippen LogP contribution in [0.3, 0.4) is 0 Å². The van der Waals surface area contributed by atoms with Crippen molar-refractivity contribution < 1.29 is 0 Å². The lowest BCUT2D eigenvalue weighted by molar-refractivity contribution is 0.180. The highest BCUT2D eigenvalue weighted by Crippen LogP contribution is 2.64. The van der Waals surface area contributed by atoms with Gasteiger partial charge in [-0.1, -0.05) is 26.0 Å². The first-order valence-corrected chi connectivity index (χ1v) is 4.31. The van der Waals surface area contributed by atoms with Crippen molar-refractivity contribution >= 4 is 0 Å². The average molecular weight is 136 g/mol. The van der Waals surface area contributed by atoms with Crippen molar-refractivity contribution in [2.45, 2.75) is 39.5 Å². The van der Waals surface area contributed by atoms with Crippen LogP contribution < -0.4 is 0 Å². The van der Waals surface area contributed by atoms with E-state index in [0.29, 0.717) is 5.41 Å². The fraction of sp³-hybridized carbons (Fsp3) is 0.800. The molecule has 1 fully saturated rings. The molecule has 0 radical (unpaired) electrons. The van der Waals surface area contributed by atoms with Crippen LogP contribution in [0.4, 0.5) is 0 Å². The van der Waals surface area contributed by atoms with Crippen LogP contribution in [-0.2, 0) is 0 Å². The Kier molecular flexibility index (Phi) is 1.07. The van der Waals surface area contributed by atoms with Crippen LogP contribution in [0.25, 0.3) is 0 Å². The summed E-state index contributed by atoms with van der Waals surface area (Å²) in [7, 11) is 0. The molecule has 1 spiro atoms. The van der Waals surface area contributed by atoms with E-state index < -0.39 is 0 Å². The third-order valence-electron chi connectivity index (χ3n) is 3.59. The minimum atomic E-state index is 0.599. The molecule has 2 aliphatic rings. The molecule has 0 heteroatoms. The molecular formula is C10H16. The average Bonchev–Trinajstić information content (AvgIpc) is 2.59. The van der Waals surface area contributed by atoms with Crippen molar-refractivity contribution in [1.82, 2.24) is 0 Å². The molecular weight excluding hydrogens is 120 g/mol. The number of hydrogen-bond donors (Lipinski definition) is 0. The first kappa shape index (κ1) is 6.45. The maximum atomic E-state index is 2.42. The van der Waals surface area contributed by atoms with E-state index in [9.17, 15) is 0 Å². The van der Waals surface area contributed by atoms with Gasteiger partial charge in [0.2, 0.25) is 0 Å². The van der Waals surface area contributed by atoms with Gasteiger partial charge in [-0.2, -0.15) is 0 Å². The van der Waals surface area contributed by atoms with E-state index in [1.54, 1.807) is 0 Å². The molecule has 0 aromatic carbocycles. The molecule has 0 bridgehead atoms. The summed E-state index contributed by atoms with van der Waals surface area (Å²) in [5.41, 5.74) is 1.34. The molecule has 0 aromatic rings. The van der Waals surface area contributed by atoms with Gasteiger partial charge in [-0.05, 0) is 36.5 Å². The molecule has 2 aliphatic carbocycles. The monoisotopic (exact) mass is 136 g/mol. The van der Waals surface area contributed by atoms with Crippen LogP contribution >= 0.6 is 0 Å². The van der Waals surface area contributed by atoms with E-state index in [2.05, 4.69) is 26.0 Å². The van der Waals surface area contributed by atoms with Gasteiger partial charge in [0.05, 0.1) is 0 Å². The van der Waals surface area contributed by atoms with Crippen LogP contribution in [-0.4, -0.2) is 0 Å². The minimum Gasteiger partial charge on any atom is -0.0880 e. The van der Waals surface area contributed by atoms with Crippen LogP contribution in [0.1, 0.15) is 39.5 Å². The molecule has 0 saturated heterocycles. The SMILES string of the molecule is CC1(C)CC=CCC12CC2. The molecule has 0 heterocycles. The topological polar surface area (TPSA) is 0 Å². The fourth-order valence-electron chi connectivity index (χ4n) is 2.21. The summed E-state index contributed by atoms with van der Waals surface area (Å²) in [5, 5.41) is 0. The van der Waals surface area contributed by atoms with Crippen LogP contribution in [0.2, 0.25) is 0 Å². The summed E-state index contributed by atoms with van der Waals surface area (Å²) < 4.78 is 0. The Labute approximate surface area is 63.3 Å². The van der Waals surface area contributed by atoms with Crippen molar-refractivity contribution in [3.8, 4) is 0 Å². The summed E-state index contributed by atoms with van der Waals surface area (Å²) in [5.74, 6) is 0. The van der Waals surface area contributed by atoms with Gasteiger partial charge in [0.1, 0.15) is 0 Å². The Hall–Kier alpha value is -0.260. The minimum absolute atomic E-state index is 0.599. The Morgan fingerprint density at radius 2 is 1.60 bits per heavy atom. The van der Waals surface area contributed by atoms with Crippen LogP contribution in [0.15, 0.2) is 12.2 Å². The quantitative estimate of drug-likeness (QED) is 0.449. The maximum absolute atomic E-state index is 2.42. The molecule has 2 rings (SSSR count). The van der Waals surface area contributed by atoms with Gasteiger partial charge in [0.25, 0.3) is 0 Å². The molecule has 0 aromatic heterocycles. The van der Waals surface area contributed by atoms with Crippen molar-refractivity contribution in [1.29, 1.82) is 0 Å². The second-order valence-corrected chi connectivity index (χ2v) is 4.54. The summed E-state index contributed by atoms with van der Waals surface area (Å²) in [6.07, 6.45) is 10.3. The van der Waals surface area contributed by atoms with Crippen LogP contribution in [0, 0.1) is 10.8 Å². The van der Waals surface area contributed by atoms with Gasteiger partial charge in [0.15, 0.2) is 0 Å². The van der Waals surface area contributed by atoms with E-state index in [0.717, 1.165) is 5.41 Å². The summed E-state index contributed by atoms with van der Waals surface area (Å²) in [6.45, 7) is 4.84. The molecule has 0 aliphatic heterocycles. The lowest BCUT2D eigenvalue weighted by atomic mass is 9.69. The second-order valence-electron chi connectivity index (χ2n) is 4.54. The third-order valence-corrected chi connectivity index (χ3v) is 3.59. The molecule has 1 saturated carbocycles. The summed E-state index contributed by atoms with van der Waals surface area (Å²) in [4.78, 5) is 0. The van der Waals surface area contributed by atoms with Crippen molar-refractivity contribution in [3.63, 3.8) is 0 Å². The third kappa shape index (κ3) is 0.680. The maximum Gasteiger partial charge on any atom is -0.0208 e. The number of allylic oxidation sites excluding steroid dienone is 2. The standard InChI is InChI=1S/C10H16/c1-9(2)5-3-4-6-10(9)7-8-10/h3-4H,5-8H2,1-2H3. The Morgan fingerprint density at radius 1 is 1.00 bits per heavy atom. The number of hydrogen-bond acceptors (Lipinski definition) is 0. The largest absolute Gasteiger partial charge is 0.0880 e. The first-order valence-electron chi connectivity index (χ1n) is 4.31. The lowest BCUT2D eigenvalue weighted by Gasteiger charge is -2.36.